The van der Waals surface area contributed by atoms with Crippen LogP contribution in [0.25, 0.3) is 0 Å². The van der Waals surface area contributed by atoms with E-state index in [2.05, 4.69) is 95.4 Å². The van der Waals surface area contributed by atoms with E-state index in [9.17, 15) is 0 Å². The van der Waals surface area contributed by atoms with Crippen molar-refractivity contribution in [1.82, 2.24) is 0 Å². The Morgan fingerprint density at radius 2 is 2.00 bits per heavy atom. The second-order valence-corrected chi connectivity index (χ2v) is 10.1. The minimum absolute atomic E-state index is 0.199. The molecule has 1 N–H and O–H groups in total. The molecule has 0 amide bonds. The highest BCUT2D eigenvalue weighted by molar-refractivity contribution is 14.1. The summed E-state index contributed by atoms with van der Waals surface area (Å²) in [5.74, 6) is 4.79. The molecule has 0 fully saturated rings. The molecule has 1 heterocycles. The molecule has 1 aliphatic carbocycles. The largest absolute Gasteiger partial charge is 0.493 e. The molecule has 1 aliphatic heterocycles. The zero-order valence-electron chi connectivity index (χ0n) is 19.8. The molecule has 3 aromatic carbocycles. The van der Waals surface area contributed by atoms with Crippen LogP contribution in [0, 0.1) is 28.8 Å². The Labute approximate surface area is 220 Å². The lowest BCUT2D eigenvalue weighted by Crippen LogP contribution is -2.29. The summed E-state index contributed by atoms with van der Waals surface area (Å²) in [4.78, 5) is 4.69. The van der Waals surface area contributed by atoms with Crippen LogP contribution in [0.5, 0.6) is 11.5 Å². The number of anilines is 1. The quantitative estimate of drug-likeness (QED) is 0.147. The fourth-order valence-electron chi connectivity index (χ4n) is 5.03. The Morgan fingerprint density at radius 1 is 1.17 bits per heavy atom. The van der Waals surface area contributed by atoms with E-state index in [0.717, 1.165) is 21.2 Å². The molecule has 0 saturated carbocycles. The highest BCUT2D eigenvalue weighted by Crippen LogP contribution is 2.50. The summed E-state index contributed by atoms with van der Waals surface area (Å²) in [5.41, 5.74) is 7.11. The summed E-state index contributed by atoms with van der Waals surface area (Å²) in [6, 6.07) is 19.5. The lowest BCUT2D eigenvalue weighted by Gasteiger charge is -2.37. The van der Waals surface area contributed by atoms with Gasteiger partial charge in [-0.3, -0.25) is 4.99 Å². The predicted octanol–water partition coefficient (Wildman–Crippen LogP) is 7.20. The molecule has 2 aliphatic rings. The van der Waals surface area contributed by atoms with E-state index < -0.39 is 0 Å². The zero-order chi connectivity index (χ0) is 24.4. The first-order valence-corrected chi connectivity index (χ1v) is 12.8. The number of nitrogens with one attached hydrogen (secondary N) is 1. The van der Waals surface area contributed by atoms with Crippen molar-refractivity contribution in [2.75, 3.05) is 19.0 Å². The molecule has 4 nitrogen and oxygen atoms in total. The maximum absolute atomic E-state index is 5.63. The first kappa shape index (κ1) is 23.5. The molecular weight excluding hydrogens is 547 g/mol. The standard InChI is InChI=1S/C30H27IN2O2/c1-4-14-35-30-26(31)16-20(17-28(30)34-3)18-32-22-11-9-21(10-12-22)29-24-7-5-6-23(24)25-15-19(2)8-13-27(25)33-29/h1,5-6,8-13,15-18,23-24,29,33H,7,14H2,2-3H3/t23-,24+,29+/m1/s1. The zero-order valence-corrected chi connectivity index (χ0v) is 22.0. The van der Waals surface area contributed by atoms with Crippen LogP contribution in [0.2, 0.25) is 0 Å². The number of hydrogen-bond donors (Lipinski definition) is 1. The van der Waals surface area contributed by atoms with Gasteiger partial charge in [-0.25, -0.2) is 0 Å². The van der Waals surface area contributed by atoms with E-state index in [1.807, 2.05) is 18.3 Å². The van der Waals surface area contributed by atoms with Crippen molar-refractivity contribution >= 4 is 40.2 Å². The second-order valence-electron chi connectivity index (χ2n) is 8.94. The minimum Gasteiger partial charge on any atom is -0.493 e. The number of nitrogens with zero attached hydrogens (tertiary/aromatic N) is 1. The second kappa shape index (κ2) is 10.2. The van der Waals surface area contributed by atoms with Gasteiger partial charge >= 0.3 is 0 Å². The van der Waals surface area contributed by atoms with Crippen molar-refractivity contribution in [1.29, 1.82) is 0 Å². The van der Waals surface area contributed by atoms with Gasteiger partial charge < -0.3 is 14.8 Å². The number of methoxy groups -OCH3 is 1. The van der Waals surface area contributed by atoms with E-state index in [-0.39, 0.29) is 12.6 Å². The first-order valence-electron chi connectivity index (χ1n) is 11.7. The van der Waals surface area contributed by atoms with Crippen LogP contribution in [-0.2, 0) is 0 Å². The number of terminal acetylenes is 1. The van der Waals surface area contributed by atoms with E-state index in [1.54, 1.807) is 7.11 Å². The summed E-state index contributed by atoms with van der Waals surface area (Å²) in [6.07, 6.45) is 13.0. The van der Waals surface area contributed by atoms with Crippen LogP contribution in [-0.4, -0.2) is 19.9 Å². The fraction of sp³-hybridized carbons (Fsp3) is 0.233. The van der Waals surface area contributed by atoms with Gasteiger partial charge in [0.1, 0.15) is 6.61 Å². The Morgan fingerprint density at radius 3 is 2.77 bits per heavy atom. The van der Waals surface area contributed by atoms with E-state index in [1.165, 1.54) is 22.4 Å². The summed E-state index contributed by atoms with van der Waals surface area (Å²) in [5, 5.41) is 3.81. The number of ether oxygens (including phenoxy) is 2. The molecule has 0 spiro atoms. The van der Waals surface area contributed by atoms with Gasteiger partial charge in [-0.2, -0.15) is 0 Å². The Balaban J connectivity index is 1.35. The molecule has 0 saturated heterocycles. The molecule has 0 aromatic heterocycles. The van der Waals surface area contributed by atoms with Crippen LogP contribution in [0.3, 0.4) is 0 Å². The van der Waals surface area contributed by atoms with Crippen LogP contribution in [0.4, 0.5) is 11.4 Å². The number of allylic oxidation sites excluding steroid dienone is 2. The minimum atomic E-state index is 0.199. The topological polar surface area (TPSA) is 42.8 Å². The highest BCUT2D eigenvalue weighted by atomic mass is 127. The number of fused-ring (bicyclic) bond motifs is 3. The van der Waals surface area contributed by atoms with Crippen molar-refractivity contribution in [2.45, 2.75) is 25.3 Å². The highest BCUT2D eigenvalue weighted by Gasteiger charge is 2.37. The van der Waals surface area contributed by atoms with E-state index in [0.29, 0.717) is 23.3 Å². The summed E-state index contributed by atoms with van der Waals surface area (Å²) >= 11 is 2.22. The predicted molar refractivity (Wildman–Crippen MR) is 151 cm³/mol. The molecule has 5 rings (SSSR count). The van der Waals surface area contributed by atoms with Crippen LogP contribution in [0.1, 0.15) is 40.6 Å². The molecule has 3 aromatic rings. The maximum atomic E-state index is 5.63. The molecular formula is C30H27IN2O2. The fourth-order valence-corrected chi connectivity index (χ4v) is 5.81. The average Bonchev–Trinajstić information content (AvgIpc) is 3.37. The average molecular weight is 574 g/mol. The van der Waals surface area contributed by atoms with Crippen molar-refractivity contribution in [3.8, 4) is 23.8 Å². The number of halogens is 1. The summed E-state index contributed by atoms with van der Waals surface area (Å²) in [7, 11) is 1.62. The summed E-state index contributed by atoms with van der Waals surface area (Å²) in [6.45, 7) is 2.36. The number of benzene rings is 3. The normalized spacial score (nSPS) is 20.1. The third-order valence-electron chi connectivity index (χ3n) is 6.68. The third kappa shape index (κ3) is 4.81. The Kier molecular flexibility index (Phi) is 6.83. The van der Waals surface area contributed by atoms with Crippen LogP contribution >= 0.6 is 22.6 Å². The van der Waals surface area contributed by atoms with Gasteiger partial charge in [0.2, 0.25) is 0 Å². The number of aryl methyl sites for hydroxylation is 1. The molecule has 0 unspecified atom stereocenters. The molecule has 176 valence electrons. The number of aliphatic imine (C=N–C) groups is 1. The van der Waals surface area contributed by atoms with Crippen molar-refractivity contribution in [3.05, 3.63) is 92.6 Å². The van der Waals surface area contributed by atoms with Crippen molar-refractivity contribution in [2.24, 2.45) is 10.9 Å². The maximum Gasteiger partial charge on any atom is 0.175 e. The van der Waals surface area contributed by atoms with Gasteiger partial charge in [-0.15, -0.1) is 6.42 Å². The Hall–Kier alpha value is -3.24. The molecule has 0 radical (unpaired) electrons. The summed E-state index contributed by atoms with van der Waals surface area (Å²) < 4.78 is 12.0. The van der Waals surface area contributed by atoms with Gasteiger partial charge in [-0.1, -0.05) is 47.9 Å². The van der Waals surface area contributed by atoms with Crippen molar-refractivity contribution in [3.63, 3.8) is 0 Å². The number of hydrogen-bond acceptors (Lipinski definition) is 4. The van der Waals surface area contributed by atoms with E-state index >= 15 is 0 Å². The molecule has 3 atom stereocenters. The molecule has 35 heavy (non-hydrogen) atoms. The third-order valence-corrected chi connectivity index (χ3v) is 7.49. The number of rotatable bonds is 6. The van der Waals surface area contributed by atoms with E-state index in [4.69, 9.17) is 20.9 Å². The van der Waals surface area contributed by atoms with Crippen LogP contribution in [0.15, 0.2) is 71.7 Å². The Bertz CT molecular complexity index is 1340. The molecule has 0 bridgehead atoms. The lowest BCUT2D eigenvalue weighted by atomic mass is 9.76. The lowest BCUT2D eigenvalue weighted by molar-refractivity contribution is 0.328. The van der Waals surface area contributed by atoms with Gasteiger partial charge in [-0.05, 0) is 88.9 Å². The van der Waals surface area contributed by atoms with Crippen LogP contribution < -0.4 is 14.8 Å². The first-order chi connectivity index (χ1) is 17.1. The monoisotopic (exact) mass is 574 g/mol. The smallest absolute Gasteiger partial charge is 0.175 e. The SMILES string of the molecule is C#CCOc1c(I)cc(C=Nc2ccc([C@@H]3Nc4ccc(C)cc4[C@@H]4C=CC[C@@H]43)cc2)cc1OC. The molecule has 5 heteroatoms. The van der Waals surface area contributed by atoms with Gasteiger partial charge in [0.25, 0.3) is 0 Å². The van der Waals surface area contributed by atoms with Gasteiger partial charge in [0.05, 0.1) is 22.4 Å². The van der Waals surface area contributed by atoms with Gasteiger partial charge in [0, 0.05) is 17.8 Å². The van der Waals surface area contributed by atoms with Crippen molar-refractivity contribution < 1.29 is 9.47 Å². The van der Waals surface area contributed by atoms with Gasteiger partial charge in [0.15, 0.2) is 11.5 Å².